The molecule has 4 heterocycles. The molecule has 0 radical (unpaired) electrons. The molecule has 1 aliphatic carbocycles. The number of benzene rings is 3. The van der Waals surface area contributed by atoms with Gasteiger partial charge in [-0.1, -0.05) is 37.6 Å². The number of halogens is 3. The number of aromatic amines is 1. The van der Waals surface area contributed by atoms with Crippen LogP contribution in [0.25, 0.3) is 16.6 Å². The Morgan fingerprint density at radius 3 is 2.56 bits per heavy atom. The first-order valence-corrected chi connectivity index (χ1v) is 22.7. The molecule has 64 heavy (non-hydrogen) atoms. The molecule has 3 aromatic carbocycles. The van der Waals surface area contributed by atoms with E-state index in [1.54, 1.807) is 36.5 Å². The maximum Gasteiger partial charge on any atom is 0.416 e. The van der Waals surface area contributed by atoms with Gasteiger partial charge in [-0.05, 0) is 97.2 Å². The topological polar surface area (TPSA) is 169 Å². The lowest BCUT2D eigenvalue weighted by Gasteiger charge is -2.39. The van der Waals surface area contributed by atoms with Gasteiger partial charge < -0.3 is 24.1 Å². The summed E-state index contributed by atoms with van der Waals surface area (Å²) in [6, 6.07) is 17.1. The molecule has 2 saturated heterocycles. The lowest BCUT2D eigenvalue weighted by atomic mass is 9.72. The third-order valence-corrected chi connectivity index (χ3v) is 13.4. The van der Waals surface area contributed by atoms with Crippen LogP contribution >= 0.6 is 0 Å². The number of hydrogen-bond acceptors (Lipinski definition) is 11. The number of nitrogens with one attached hydrogen (secondary N) is 2. The number of pyridine rings is 1. The normalized spacial score (nSPS) is 18.5. The SMILES string of the molecule is CC1(C)CCC(CN2CCN(c3cccc(C(=O)NS(=O)(=O)c4ccc(OCC5CCCOC5)c([N+](=O)[O-])c4)c3Oc3cnc4[nH]ccc4c3)CC2)=C(c2ccc(C(F)(F)F)cc2)C1. The highest BCUT2D eigenvalue weighted by molar-refractivity contribution is 7.90. The molecule has 338 valence electrons. The van der Waals surface area contributed by atoms with Crippen LogP contribution in [0.2, 0.25) is 0 Å². The highest BCUT2D eigenvalue weighted by atomic mass is 32.2. The number of nitrogens with zero attached hydrogens (tertiary/aromatic N) is 4. The van der Waals surface area contributed by atoms with Crippen LogP contribution < -0.4 is 19.1 Å². The molecule has 5 aromatic rings. The number of rotatable bonds is 13. The zero-order valence-electron chi connectivity index (χ0n) is 35.4. The van der Waals surface area contributed by atoms with E-state index in [-0.39, 0.29) is 35.0 Å². The Balaban J connectivity index is 1.03. The van der Waals surface area contributed by atoms with Crippen molar-refractivity contribution in [3.05, 3.63) is 118 Å². The van der Waals surface area contributed by atoms with Crippen LogP contribution in [-0.4, -0.2) is 86.7 Å². The summed E-state index contributed by atoms with van der Waals surface area (Å²) in [6.07, 6.45) is 3.00. The number of carbonyl (C=O) groups is 1. The number of amides is 1. The molecule has 0 saturated carbocycles. The molecule has 1 atom stereocenters. The van der Waals surface area contributed by atoms with Crippen molar-refractivity contribution in [2.45, 2.75) is 57.0 Å². The third-order valence-electron chi connectivity index (χ3n) is 12.1. The predicted molar refractivity (Wildman–Crippen MR) is 234 cm³/mol. The molecule has 3 aliphatic rings. The van der Waals surface area contributed by atoms with Crippen molar-refractivity contribution < 1.29 is 45.5 Å². The monoisotopic (exact) mass is 902 g/mol. The van der Waals surface area contributed by atoms with Crippen LogP contribution in [-0.2, 0) is 20.9 Å². The zero-order valence-corrected chi connectivity index (χ0v) is 36.3. The van der Waals surface area contributed by atoms with Gasteiger partial charge in [0.05, 0.1) is 46.0 Å². The summed E-state index contributed by atoms with van der Waals surface area (Å²) in [5, 5.41) is 12.8. The van der Waals surface area contributed by atoms with Crippen LogP contribution in [0.4, 0.5) is 24.5 Å². The van der Waals surface area contributed by atoms with Crippen molar-refractivity contribution in [2.75, 3.05) is 57.4 Å². The lowest BCUT2D eigenvalue weighted by molar-refractivity contribution is -0.386. The molecule has 2 N–H and O–H groups in total. The van der Waals surface area contributed by atoms with Gasteiger partial charge in [0.2, 0.25) is 0 Å². The van der Waals surface area contributed by atoms with Crippen molar-refractivity contribution in [3.63, 3.8) is 0 Å². The summed E-state index contributed by atoms with van der Waals surface area (Å²) in [5.41, 5.74) is 2.88. The number of ether oxygens (including phenoxy) is 3. The summed E-state index contributed by atoms with van der Waals surface area (Å²) in [4.78, 5) is 36.7. The Bertz CT molecular complexity index is 2670. The number of allylic oxidation sites excluding steroid dienone is 1. The van der Waals surface area contributed by atoms with Crippen molar-refractivity contribution in [2.24, 2.45) is 11.3 Å². The molecule has 2 fully saturated rings. The van der Waals surface area contributed by atoms with Gasteiger partial charge in [0.1, 0.15) is 11.4 Å². The second-order valence-corrected chi connectivity index (χ2v) is 19.0. The first-order chi connectivity index (χ1) is 30.5. The molecule has 0 spiro atoms. The van der Waals surface area contributed by atoms with E-state index in [2.05, 4.69) is 38.3 Å². The molecule has 14 nitrogen and oxygen atoms in total. The number of piperazine rings is 1. The zero-order chi connectivity index (χ0) is 45.2. The Morgan fingerprint density at radius 2 is 1.84 bits per heavy atom. The highest BCUT2D eigenvalue weighted by Gasteiger charge is 2.33. The fourth-order valence-electron chi connectivity index (χ4n) is 8.55. The van der Waals surface area contributed by atoms with Crippen molar-refractivity contribution >= 4 is 43.9 Å². The van der Waals surface area contributed by atoms with E-state index in [9.17, 15) is 36.5 Å². The minimum Gasteiger partial charge on any atom is -0.486 e. The van der Waals surface area contributed by atoms with E-state index in [1.165, 1.54) is 23.9 Å². The summed E-state index contributed by atoms with van der Waals surface area (Å²) >= 11 is 0. The van der Waals surface area contributed by atoms with Crippen LogP contribution in [0.3, 0.4) is 0 Å². The summed E-state index contributed by atoms with van der Waals surface area (Å²) in [7, 11) is -4.65. The number of nitro groups is 1. The minimum absolute atomic E-state index is 0.00371. The standard InChI is InChI=1S/C46H49F3N6O8S/c1-45(2)16-14-33(38(25-45)31-8-10-34(11-9-31)46(47,48)49)27-53-18-20-54(21-19-53)39-7-3-6-37(42(39)63-35-23-32-15-17-50-43(32)51-26-35)44(56)52-64(59,60)36-12-13-41(40(24-36)55(57)58)62-29-30-5-4-22-61-28-30/h3,6-13,15,17,23-24,26,30H,4-5,14,16,18-22,25,27-29H2,1-2H3,(H,50,51)(H,52,56). The second-order valence-electron chi connectivity index (χ2n) is 17.3. The highest BCUT2D eigenvalue weighted by Crippen LogP contribution is 2.44. The van der Waals surface area contributed by atoms with Gasteiger partial charge in [0, 0.05) is 62.9 Å². The van der Waals surface area contributed by atoms with Gasteiger partial charge >= 0.3 is 11.9 Å². The summed E-state index contributed by atoms with van der Waals surface area (Å²) < 4.78 is 87.4. The number of aromatic nitrogens is 2. The number of H-pyrrole nitrogens is 1. The van der Waals surface area contributed by atoms with Gasteiger partial charge in [0.15, 0.2) is 11.5 Å². The van der Waals surface area contributed by atoms with Gasteiger partial charge in [-0.15, -0.1) is 0 Å². The van der Waals surface area contributed by atoms with Gasteiger partial charge in [-0.3, -0.25) is 19.8 Å². The van der Waals surface area contributed by atoms with E-state index in [0.717, 1.165) is 72.9 Å². The number of sulfonamides is 1. The average Bonchev–Trinajstić information content (AvgIpc) is 3.75. The number of nitro benzene ring substituents is 1. The van der Waals surface area contributed by atoms with Crippen LogP contribution in [0.5, 0.6) is 17.2 Å². The Hall–Kier alpha value is -5.98. The molecule has 2 aliphatic heterocycles. The Kier molecular flexibility index (Phi) is 12.7. The van der Waals surface area contributed by atoms with Crippen molar-refractivity contribution in [1.29, 1.82) is 0 Å². The van der Waals surface area contributed by atoms with E-state index in [4.69, 9.17) is 14.2 Å². The smallest absolute Gasteiger partial charge is 0.416 e. The number of para-hydroxylation sites is 1. The number of fused-ring (bicyclic) bond motifs is 1. The summed E-state index contributed by atoms with van der Waals surface area (Å²) in [6.45, 7) is 8.51. The molecule has 1 amide bonds. The number of carbonyl (C=O) groups excluding carboxylic acids is 1. The molecular formula is C46H49F3N6O8S. The largest absolute Gasteiger partial charge is 0.486 e. The van der Waals surface area contributed by atoms with Gasteiger partial charge in [-0.2, -0.15) is 13.2 Å². The molecule has 1 unspecified atom stereocenters. The maximum atomic E-state index is 14.1. The van der Waals surface area contributed by atoms with Crippen LogP contribution in [0, 0.1) is 21.4 Å². The van der Waals surface area contributed by atoms with E-state index in [0.29, 0.717) is 63.0 Å². The van der Waals surface area contributed by atoms with Crippen LogP contribution in [0.1, 0.15) is 67.4 Å². The van der Waals surface area contributed by atoms with Crippen molar-refractivity contribution in [1.82, 2.24) is 19.6 Å². The van der Waals surface area contributed by atoms with Gasteiger partial charge in [0.25, 0.3) is 15.9 Å². The molecule has 0 bridgehead atoms. The Morgan fingerprint density at radius 1 is 1.06 bits per heavy atom. The summed E-state index contributed by atoms with van der Waals surface area (Å²) in [5.74, 6) is -0.699. The quantitative estimate of drug-likeness (QED) is 0.0855. The second kappa shape index (κ2) is 18.3. The number of alkyl halides is 3. The fourth-order valence-corrected chi connectivity index (χ4v) is 9.54. The lowest BCUT2D eigenvalue weighted by Crippen LogP contribution is -2.47. The van der Waals surface area contributed by atoms with E-state index < -0.39 is 43.2 Å². The third kappa shape index (κ3) is 10.2. The van der Waals surface area contributed by atoms with Crippen LogP contribution in [0.15, 0.2) is 95.7 Å². The maximum absolute atomic E-state index is 14.1. The van der Waals surface area contributed by atoms with E-state index >= 15 is 0 Å². The first kappa shape index (κ1) is 44.6. The fraction of sp³-hybridized carbons (Fsp3) is 0.391. The minimum atomic E-state index is -4.65. The average molecular weight is 903 g/mol. The molecule has 8 rings (SSSR count). The van der Waals surface area contributed by atoms with Crippen molar-refractivity contribution in [3.8, 4) is 17.2 Å². The first-order valence-electron chi connectivity index (χ1n) is 21.2. The predicted octanol–water partition coefficient (Wildman–Crippen LogP) is 8.99. The molecule has 18 heteroatoms. The van der Waals surface area contributed by atoms with Gasteiger partial charge in [-0.25, -0.2) is 18.1 Å². The van der Waals surface area contributed by atoms with E-state index in [1.807, 2.05) is 6.07 Å². The number of hydrogen-bond donors (Lipinski definition) is 2. The molecule has 2 aromatic heterocycles. The molecular weight excluding hydrogens is 854 g/mol. The number of anilines is 1. The Labute approximate surface area is 368 Å².